The van der Waals surface area contributed by atoms with Gasteiger partial charge in [-0.25, -0.2) is 25.6 Å². The molecule has 1 amide bonds. The van der Waals surface area contributed by atoms with Crippen LogP contribution in [0.1, 0.15) is 33.8 Å². The Bertz CT molecular complexity index is 2480. The highest BCUT2D eigenvalue weighted by molar-refractivity contribution is 7.92. The van der Waals surface area contributed by atoms with Crippen molar-refractivity contribution >= 4 is 66.3 Å². The Morgan fingerprint density at radius 1 is 0.737 bits per heavy atom. The fourth-order valence-corrected chi connectivity index (χ4v) is 6.92. The van der Waals surface area contributed by atoms with Gasteiger partial charge in [-0.3, -0.25) is 18.2 Å². The van der Waals surface area contributed by atoms with Gasteiger partial charge < -0.3 is 9.73 Å². The standard InChI is InChI=1S/C18H16ClF3N2O4S.C17H13ClF3N3O3S/c1-29(27,28)24(14-4-2-3-13(19)8-14)10-12-6-5-11(7-15(12)20)16(25)9-23-18(26)17(21)22;1-28(25,26)24(13-4-2-3-12(18)8-13)9-11-6-5-10(7-14(11)19)16-22-23-17(27-16)15(20)21/h2-8,17H,9-10H2,1H3,(H,23,26);2-8,15H,9H2,1H3. The van der Waals surface area contributed by atoms with E-state index in [4.69, 9.17) is 27.6 Å². The smallest absolute Gasteiger partial charge is 0.315 e. The number of benzene rings is 4. The normalized spacial score (nSPS) is 11.6. The third-order valence-corrected chi connectivity index (χ3v) is 10.3. The number of nitrogens with zero attached hydrogens (tertiary/aromatic N) is 4. The van der Waals surface area contributed by atoms with E-state index in [1.807, 2.05) is 0 Å². The van der Waals surface area contributed by atoms with Crippen molar-refractivity contribution < 1.29 is 57.2 Å². The van der Waals surface area contributed by atoms with Crippen LogP contribution in [-0.4, -0.2) is 64.2 Å². The van der Waals surface area contributed by atoms with E-state index >= 15 is 0 Å². The van der Waals surface area contributed by atoms with E-state index in [1.54, 1.807) is 29.6 Å². The summed E-state index contributed by atoms with van der Waals surface area (Å²) in [4.78, 5) is 22.7. The summed E-state index contributed by atoms with van der Waals surface area (Å²) in [6, 6.07) is 19.1. The van der Waals surface area contributed by atoms with Crippen LogP contribution >= 0.6 is 23.2 Å². The number of carbonyl (C=O) groups is 2. The highest BCUT2D eigenvalue weighted by Gasteiger charge is 2.23. The van der Waals surface area contributed by atoms with Crippen LogP contribution in [0.2, 0.25) is 10.0 Å². The molecule has 0 aliphatic heterocycles. The van der Waals surface area contributed by atoms with Crippen molar-refractivity contribution in [1.29, 1.82) is 0 Å². The maximum atomic E-state index is 14.6. The summed E-state index contributed by atoms with van der Waals surface area (Å²) in [5.74, 6) is -5.16. The molecule has 0 unspecified atom stereocenters. The number of alkyl halides is 4. The summed E-state index contributed by atoms with van der Waals surface area (Å²) < 4.78 is 134. The van der Waals surface area contributed by atoms with Crippen LogP contribution in [0.15, 0.2) is 89.3 Å². The van der Waals surface area contributed by atoms with Crippen LogP contribution in [0.4, 0.5) is 37.7 Å². The number of ketones is 1. The molecule has 0 spiro atoms. The Morgan fingerprint density at radius 3 is 1.67 bits per heavy atom. The summed E-state index contributed by atoms with van der Waals surface area (Å²) in [5.41, 5.74) is 0.473. The second-order valence-corrected chi connectivity index (χ2v) is 16.5. The molecule has 0 aliphatic carbocycles. The molecule has 5 rings (SSSR count). The number of nitrogens with one attached hydrogen (secondary N) is 1. The first kappa shape index (κ1) is 44.5. The van der Waals surface area contributed by atoms with Crippen LogP contribution in [0.3, 0.4) is 0 Å². The van der Waals surface area contributed by atoms with E-state index in [9.17, 15) is 52.8 Å². The van der Waals surface area contributed by atoms with E-state index in [2.05, 4.69) is 10.2 Å². The maximum absolute atomic E-state index is 14.6. The average molecular weight is 881 g/mol. The molecule has 0 fully saturated rings. The molecule has 12 nitrogen and oxygen atoms in total. The zero-order valence-corrected chi connectivity index (χ0v) is 32.5. The number of amides is 1. The molecule has 304 valence electrons. The lowest BCUT2D eigenvalue weighted by Crippen LogP contribution is -2.34. The van der Waals surface area contributed by atoms with E-state index in [1.165, 1.54) is 48.5 Å². The lowest BCUT2D eigenvalue weighted by atomic mass is 10.1. The summed E-state index contributed by atoms with van der Waals surface area (Å²) in [7, 11) is -7.51. The molecule has 0 radical (unpaired) electrons. The average Bonchev–Trinajstić information content (AvgIpc) is 3.63. The molecular weight excluding hydrogens is 851 g/mol. The number of sulfonamides is 2. The van der Waals surface area contributed by atoms with Crippen LogP contribution in [-0.2, 0) is 37.9 Å². The van der Waals surface area contributed by atoms with Crippen molar-refractivity contribution in [2.24, 2.45) is 0 Å². The van der Waals surface area contributed by atoms with Gasteiger partial charge in [-0.05, 0) is 54.6 Å². The van der Waals surface area contributed by atoms with Crippen LogP contribution in [0.5, 0.6) is 0 Å². The van der Waals surface area contributed by atoms with Gasteiger partial charge in [0.25, 0.3) is 11.8 Å². The Balaban J connectivity index is 0.000000253. The number of Topliss-reactive ketones (excluding diaryl/α,β-unsaturated/α-hetero) is 1. The number of rotatable bonds is 14. The molecule has 1 N–H and O–H groups in total. The molecule has 4 aromatic carbocycles. The van der Waals surface area contributed by atoms with Gasteiger partial charge in [0.05, 0.1) is 43.5 Å². The Morgan fingerprint density at radius 2 is 1.25 bits per heavy atom. The zero-order valence-electron chi connectivity index (χ0n) is 29.3. The zero-order chi connectivity index (χ0) is 42.2. The van der Waals surface area contributed by atoms with Gasteiger partial charge in [-0.2, -0.15) is 17.6 Å². The number of halogens is 8. The molecular formula is C35H29Cl2F6N5O7S2. The minimum Gasteiger partial charge on any atom is -0.415 e. The number of hydrogen-bond donors (Lipinski definition) is 1. The number of anilines is 2. The quantitative estimate of drug-likeness (QED) is 0.0884. The largest absolute Gasteiger partial charge is 0.415 e. The van der Waals surface area contributed by atoms with Crippen LogP contribution in [0, 0.1) is 11.6 Å². The van der Waals surface area contributed by atoms with E-state index in [-0.39, 0.29) is 52.6 Å². The third kappa shape index (κ3) is 12.4. The van der Waals surface area contributed by atoms with Crippen LogP contribution in [0.25, 0.3) is 11.5 Å². The van der Waals surface area contributed by atoms with Gasteiger partial charge in [0, 0.05) is 32.3 Å². The maximum Gasteiger partial charge on any atom is 0.315 e. The fourth-order valence-electron chi connectivity index (χ4n) is 4.82. The van der Waals surface area contributed by atoms with Crippen LogP contribution < -0.4 is 13.9 Å². The Kier molecular flexibility index (Phi) is 14.7. The molecule has 22 heteroatoms. The molecule has 5 aromatic rings. The van der Waals surface area contributed by atoms with Crippen molar-refractivity contribution in [3.63, 3.8) is 0 Å². The topological polar surface area (TPSA) is 160 Å². The first-order valence-corrected chi connectivity index (χ1v) is 20.3. The van der Waals surface area contributed by atoms with Gasteiger partial charge in [-0.15, -0.1) is 10.2 Å². The first-order valence-electron chi connectivity index (χ1n) is 15.9. The molecule has 0 saturated carbocycles. The molecule has 57 heavy (non-hydrogen) atoms. The second kappa shape index (κ2) is 18.8. The molecule has 1 heterocycles. The fraction of sp³-hybridized carbons (Fsp3) is 0.200. The van der Waals surface area contributed by atoms with E-state index in [0.29, 0.717) is 10.0 Å². The number of aromatic nitrogens is 2. The molecule has 0 saturated heterocycles. The summed E-state index contributed by atoms with van der Waals surface area (Å²) in [6.45, 7) is -1.38. The van der Waals surface area contributed by atoms with Gasteiger partial charge >= 0.3 is 12.9 Å². The Hall–Kier alpha value is -5.18. The predicted octanol–water partition coefficient (Wildman–Crippen LogP) is 7.44. The first-order chi connectivity index (χ1) is 26.6. The minimum absolute atomic E-state index is 0.0245. The number of hydrogen-bond acceptors (Lipinski definition) is 9. The van der Waals surface area contributed by atoms with Gasteiger partial charge in [-0.1, -0.05) is 53.5 Å². The lowest BCUT2D eigenvalue weighted by Gasteiger charge is -2.23. The summed E-state index contributed by atoms with van der Waals surface area (Å²) >= 11 is 11.8. The molecule has 1 aromatic heterocycles. The summed E-state index contributed by atoms with van der Waals surface area (Å²) in [6.07, 6.45) is -4.26. The van der Waals surface area contributed by atoms with E-state index in [0.717, 1.165) is 33.3 Å². The predicted molar refractivity (Wildman–Crippen MR) is 199 cm³/mol. The van der Waals surface area contributed by atoms with Gasteiger partial charge in [0.15, 0.2) is 5.78 Å². The molecule has 0 aliphatic rings. The van der Waals surface area contributed by atoms with Crippen molar-refractivity contribution in [2.75, 3.05) is 27.7 Å². The SMILES string of the molecule is CS(=O)(=O)N(Cc1ccc(-c2nnc(C(F)F)o2)cc1F)c1cccc(Cl)c1.CS(=O)(=O)N(Cc1ccc(C(=O)CNC(=O)C(F)F)cc1F)c1cccc(Cl)c1. The highest BCUT2D eigenvalue weighted by Crippen LogP contribution is 2.29. The second-order valence-electron chi connectivity index (χ2n) is 11.8. The van der Waals surface area contributed by atoms with E-state index < -0.39 is 68.7 Å². The van der Waals surface area contributed by atoms with Crippen molar-refractivity contribution in [2.45, 2.75) is 25.9 Å². The van der Waals surface area contributed by atoms with Crippen molar-refractivity contribution in [1.82, 2.24) is 15.5 Å². The lowest BCUT2D eigenvalue weighted by molar-refractivity contribution is -0.131. The highest BCUT2D eigenvalue weighted by atomic mass is 35.5. The van der Waals surface area contributed by atoms with Gasteiger partial charge in [0.1, 0.15) is 11.6 Å². The van der Waals surface area contributed by atoms with Crippen molar-refractivity contribution in [3.8, 4) is 11.5 Å². The minimum atomic E-state index is -3.78. The summed E-state index contributed by atoms with van der Waals surface area (Å²) in [5, 5.41) is 8.99. The molecule has 0 bridgehead atoms. The Labute approximate surface area is 332 Å². The van der Waals surface area contributed by atoms with Gasteiger partial charge in [0.2, 0.25) is 25.9 Å². The molecule has 0 atom stereocenters. The monoisotopic (exact) mass is 879 g/mol. The van der Waals surface area contributed by atoms with Crippen molar-refractivity contribution in [3.05, 3.63) is 129 Å². The third-order valence-electron chi connectivity index (χ3n) is 7.54. The number of carbonyl (C=O) groups excluding carboxylic acids is 2.